The molecule has 0 aromatic rings. The van der Waals surface area contributed by atoms with E-state index >= 15 is 0 Å². The number of hydrogen-bond acceptors (Lipinski definition) is 4. The van der Waals surface area contributed by atoms with Crippen LogP contribution in [0, 0.1) is 5.92 Å². The van der Waals surface area contributed by atoms with E-state index in [0.29, 0.717) is 19.6 Å². The number of nitrogens with one attached hydrogen (secondary N) is 1. The van der Waals surface area contributed by atoms with Crippen LogP contribution in [0.3, 0.4) is 0 Å². The Morgan fingerprint density at radius 2 is 2.14 bits per heavy atom. The molecule has 7 heteroatoms. The molecule has 82 valence electrons. The van der Waals surface area contributed by atoms with Gasteiger partial charge in [0.15, 0.2) is 0 Å². The first-order chi connectivity index (χ1) is 6.43. The zero-order chi connectivity index (χ0) is 10.8. The molecule has 0 saturated carbocycles. The van der Waals surface area contributed by atoms with Gasteiger partial charge in [-0.15, -0.1) is 0 Å². The number of carbonyl (C=O) groups is 1. The van der Waals surface area contributed by atoms with Crippen LogP contribution in [0.4, 0.5) is 0 Å². The highest BCUT2D eigenvalue weighted by Gasteiger charge is 2.32. The van der Waals surface area contributed by atoms with Crippen LogP contribution in [0.5, 0.6) is 0 Å². The molecule has 1 heterocycles. The van der Waals surface area contributed by atoms with Gasteiger partial charge >= 0.3 is 0 Å². The molecule has 0 bridgehead atoms. The van der Waals surface area contributed by atoms with E-state index in [1.54, 1.807) is 0 Å². The molecule has 6 nitrogen and oxygen atoms in total. The molecule has 1 saturated heterocycles. The molecule has 3 N–H and O–H groups in total. The molecule has 0 radical (unpaired) electrons. The molecular formula is C7H15N3O3S. The lowest BCUT2D eigenvalue weighted by Gasteiger charge is -2.37. The maximum Gasteiger partial charge on any atom is 0.233 e. The van der Waals surface area contributed by atoms with E-state index in [1.165, 1.54) is 10.6 Å². The van der Waals surface area contributed by atoms with Crippen LogP contribution in [0.1, 0.15) is 0 Å². The summed E-state index contributed by atoms with van der Waals surface area (Å²) in [4.78, 5) is 10.8. The van der Waals surface area contributed by atoms with Crippen molar-refractivity contribution in [2.45, 2.75) is 0 Å². The molecule has 1 aliphatic rings. The molecule has 14 heavy (non-hydrogen) atoms. The Labute approximate surface area is 83.5 Å². The normalized spacial score (nSPS) is 19.0. The van der Waals surface area contributed by atoms with Crippen LogP contribution in [0.25, 0.3) is 0 Å². The summed E-state index contributed by atoms with van der Waals surface area (Å²) in [5.74, 6) is 0.0167. The highest BCUT2D eigenvalue weighted by molar-refractivity contribution is 7.88. The summed E-state index contributed by atoms with van der Waals surface area (Å²) in [5, 5.41) is 2.62. The molecular weight excluding hydrogens is 206 g/mol. The Morgan fingerprint density at radius 3 is 2.57 bits per heavy atom. The van der Waals surface area contributed by atoms with Crippen molar-refractivity contribution >= 4 is 15.9 Å². The third-order valence-electron chi connectivity index (χ3n) is 2.17. The van der Waals surface area contributed by atoms with E-state index in [2.05, 4.69) is 5.32 Å². The van der Waals surface area contributed by atoms with Crippen molar-refractivity contribution in [3.8, 4) is 0 Å². The fraction of sp³-hybridized carbons (Fsp3) is 0.857. The Kier molecular flexibility index (Phi) is 3.46. The van der Waals surface area contributed by atoms with Gasteiger partial charge in [-0.3, -0.25) is 4.79 Å². The molecule has 1 aliphatic heterocycles. The van der Waals surface area contributed by atoms with Crippen LogP contribution in [-0.2, 0) is 14.8 Å². The minimum Gasteiger partial charge on any atom is -0.355 e. The summed E-state index contributed by atoms with van der Waals surface area (Å²) >= 11 is 0. The molecule has 0 aliphatic carbocycles. The van der Waals surface area contributed by atoms with E-state index in [9.17, 15) is 13.2 Å². The first-order valence-electron chi connectivity index (χ1n) is 4.35. The van der Waals surface area contributed by atoms with Crippen molar-refractivity contribution in [3.63, 3.8) is 0 Å². The second kappa shape index (κ2) is 4.24. The average Bonchev–Trinajstić information content (AvgIpc) is 1.98. The average molecular weight is 221 g/mol. The van der Waals surface area contributed by atoms with Crippen molar-refractivity contribution in [2.75, 3.05) is 32.4 Å². The van der Waals surface area contributed by atoms with Crippen LogP contribution >= 0.6 is 0 Å². The third kappa shape index (κ3) is 2.93. The number of amides is 1. The number of hydrogen-bond donors (Lipinski definition) is 2. The van der Waals surface area contributed by atoms with Crippen molar-refractivity contribution in [1.82, 2.24) is 9.62 Å². The Morgan fingerprint density at radius 1 is 1.57 bits per heavy atom. The van der Waals surface area contributed by atoms with Crippen molar-refractivity contribution in [1.29, 1.82) is 0 Å². The number of carbonyl (C=O) groups excluding carboxylic acids is 1. The maximum absolute atomic E-state index is 11.0. The van der Waals surface area contributed by atoms with Gasteiger partial charge in [-0.25, -0.2) is 12.7 Å². The van der Waals surface area contributed by atoms with Crippen LogP contribution < -0.4 is 11.1 Å². The van der Waals surface area contributed by atoms with Crippen LogP contribution in [-0.4, -0.2) is 51.1 Å². The standard InChI is InChI=1S/C7H15N3O3S/c1-14(12,13)10-4-6(5-10)3-9-7(11)2-8/h6H,2-5,8H2,1H3,(H,9,11). The van der Waals surface area contributed by atoms with Gasteiger partial charge in [0.1, 0.15) is 0 Å². The summed E-state index contributed by atoms with van der Waals surface area (Å²) in [5.41, 5.74) is 5.10. The minimum atomic E-state index is -3.05. The van der Waals surface area contributed by atoms with Gasteiger partial charge in [-0.1, -0.05) is 0 Å². The Bertz CT molecular complexity index is 308. The van der Waals surface area contributed by atoms with Gasteiger partial charge in [-0.2, -0.15) is 0 Å². The van der Waals surface area contributed by atoms with Crippen molar-refractivity contribution < 1.29 is 13.2 Å². The molecule has 0 unspecified atom stereocenters. The van der Waals surface area contributed by atoms with E-state index < -0.39 is 10.0 Å². The smallest absolute Gasteiger partial charge is 0.233 e. The van der Waals surface area contributed by atoms with Gasteiger partial charge < -0.3 is 11.1 Å². The maximum atomic E-state index is 11.0. The first kappa shape index (κ1) is 11.4. The summed E-state index contributed by atoms with van der Waals surface area (Å²) in [7, 11) is -3.05. The monoisotopic (exact) mass is 221 g/mol. The second-order valence-corrected chi connectivity index (χ2v) is 5.44. The van der Waals surface area contributed by atoms with Gasteiger partial charge in [0.05, 0.1) is 12.8 Å². The number of sulfonamides is 1. The SMILES string of the molecule is CS(=O)(=O)N1CC(CNC(=O)CN)C1. The van der Waals surface area contributed by atoms with Crippen LogP contribution in [0.15, 0.2) is 0 Å². The first-order valence-corrected chi connectivity index (χ1v) is 6.20. The minimum absolute atomic E-state index is 0.0253. The predicted molar refractivity (Wildman–Crippen MR) is 52.0 cm³/mol. The Balaban J connectivity index is 2.20. The van der Waals surface area contributed by atoms with Gasteiger partial charge in [-0.05, 0) is 0 Å². The predicted octanol–water partition coefficient (Wildman–Crippen LogP) is -2.05. The quantitative estimate of drug-likeness (QED) is 0.571. The fourth-order valence-electron chi connectivity index (χ4n) is 1.25. The lowest BCUT2D eigenvalue weighted by molar-refractivity contribution is -0.120. The highest BCUT2D eigenvalue weighted by Crippen LogP contribution is 2.17. The molecule has 1 amide bonds. The van der Waals surface area contributed by atoms with Gasteiger partial charge in [0.2, 0.25) is 15.9 Å². The van der Waals surface area contributed by atoms with Crippen molar-refractivity contribution in [3.05, 3.63) is 0 Å². The summed E-state index contributed by atoms with van der Waals surface area (Å²) in [6.45, 7) is 1.46. The van der Waals surface area contributed by atoms with E-state index in [-0.39, 0.29) is 18.4 Å². The summed E-state index contributed by atoms with van der Waals surface area (Å²) in [6, 6.07) is 0. The van der Waals surface area contributed by atoms with E-state index in [0.717, 1.165) is 0 Å². The zero-order valence-corrected chi connectivity index (χ0v) is 8.88. The Hall–Kier alpha value is -0.660. The van der Waals surface area contributed by atoms with E-state index in [4.69, 9.17) is 5.73 Å². The molecule has 0 spiro atoms. The lowest BCUT2D eigenvalue weighted by atomic mass is 10.0. The number of rotatable bonds is 4. The molecule has 0 aromatic heterocycles. The number of nitrogens with zero attached hydrogens (tertiary/aromatic N) is 1. The lowest BCUT2D eigenvalue weighted by Crippen LogP contribution is -2.53. The highest BCUT2D eigenvalue weighted by atomic mass is 32.2. The van der Waals surface area contributed by atoms with Gasteiger partial charge in [0, 0.05) is 25.6 Å². The third-order valence-corrected chi connectivity index (χ3v) is 3.40. The molecule has 0 aromatic carbocycles. The topological polar surface area (TPSA) is 92.5 Å². The zero-order valence-electron chi connectivity index (χ0n) is 8.06. The van der Waals surface area contributed by atoms with Crippen molar-refractivity contribution in [2.24, 2.45) is 11.7 Å². The second-order valence-electron chi connectivity index (χ2n) is 3.45. The van der Waals surface area contributed by atoms with Crippen LogP contribution in [0.2, 0.25) is 0 Å². The molecule has 1 fully saturated rings. The largest absolute Gasteiger partial charge is 0.355 e. The van der Waals surface area contributed by atoms with E-state index in [1.807, 2.05) is 0 Å². The number of nitrogens with two attached hydrogens (primary N) is 1. The van der Waals surface area contributed by atoms with Gasteiger partial charge in [0.25, 0.3) is 0 Å². The molecule has 0 atom stereocenters. The summed E-state index contributed by atoms with van der Waals surface area (Å²) in [6.07, 6.45) is 1.18. The summed E-state index contributed by atoms with van der Waals surface area (Å²) < 4.78 is 23.3. The fourth-order valence-corrected chi connectivity index (χ4v) is 2.22. The molecule has 1 rings (SSSR count).